The molecular weight excluding hydrogens is 318 g/mol. The average molecular weight is 337 g/mol. The minimum absolute atomic E-state index is 0.0507. The molecule has 0 spiro atoms. The first-order chi connectivity index (χ1) is 11.6. The standard InChI is InChI=1S/C19H19N3OS/c1-14-13-22(16-9-5-3-6-10-16)21-18(14)20-19(23)15(2)24-17-11-7-4-8-12-17/h3-13,15H,1-2H3,(H,20,21,23). The fourth-order valence-electron chi connectivity index (χ4n) is 2.27. The van der Waals surface area contributed by atoms with E-state index in [2.05, 4.69) is 10.4 Å². The van der Waals surface area contributed by atoms with Gasteiger partial charge in [0.25, 0.3) is 0 Å². The summed E-state index contributed by atoms with van der Waals surface area (Å²) in [6, 6.07) is 19.8. The van der Waals surface area contributed by atoms with Crippen LogP contribution in [0.15, 0.2) is 71.8 Å². The van der Waals surface area contributed by atoms with Crippen LogP contribution in [-0.2, 0) is 4.79 Å². The van der Waals surface area contributed by atoms with Gasteiger partial charge in [-0.25, -0.2) is 4.68 Å². The molecule has 1 heterocycles. The van der Waals surface area contributed by atoms with E-state index in [0.29, 0.717) is 5.82 Å². The fraction of sp³-hybridized carbons (Fsp3) is 0.158. The molecule has 2 aromatic carbocycles. The van der Waals surface area contributed by atoms with Crippen molar-refractivity contribution in [1.29, 1.82) is 0 Å². The lowest BCUT2D eigenvalue weighted by atomic mass is 10.3. The predicted molar refractivity (Wildman–Crippen MR) is 98.7 cm³/mol. The summed E-state index contributed by atoms with van der Waals surface area (Å²) in [4.78, 5) is 13.5. The van der Waals surface area contributed by atoms with E-state index in [0.717, 1.165) is 16.1 Å². The van der Waals surface area contributed by atoms with E-state index in [4.69, 9.17) is 0 Å². The lowest BCUT2D eigenvalue weighted by Crippen LogP contribution is -2.23. The molecule has 0 saturated carbocycles. The maximum absolute atomic E-state index is 12.4. The number of para-hydroxylation sites is 1. The van der Waals surface area contributed by atoms with Crippen molar-refractivity contribution in [2.45, 2.75) is 24.0 Å². The Morgan fingerprint density at radius 3 is 2.38 bits per heavy atom. The van der Waals surface area contributed by atoms with Gasteiger partial charge in [0.2, 0.25) is 5.91 Å². The number of nitrogens with zero attached hydrogens (tertiary/aromatic N) is 2. The third kappa shape index (κ3) is 3.86. The number of aryl methyl sites for hydroxylation is 1. The zero-order chi connectivity index (χ0) is 16.9. The van der Waals surface area contributed by atoms with Crippen LogP contribution in [0.4, 0.5) is 5.82 Å². The molecule has 4 nitrogen and oxygen atoms in total. The summed E-state index contributed by atoms with van der Waals surface area (Å²) in [6.07, 6.45) is 1.92. The molecule has 24 heavy (non-hydrogen) atoms. The molecule has 0 radical (unpaired) electrons. The molecule has 0 saturated heterocycles. The molecule has 1 atom stereocenters. The van der Waals surface area contributed by atoms with Crippen molar-refractivity contribution >= 4 is 23.5 Å². The van der Waals surface area contributed by atoms with E-state index in [1.54, 1.807) is 4.68 Å². The van der Waals surface area contributed by atoms with Gasteiger partial charge in [-0.2, -0.15) is 0 Å². The number of hydrogen-bond donors (Lipinski definition) is 1. The van der Waals surface area contributed by atoms with Crippen molar-refractivity contribution in [3.63, 3.8) is 0 Å². The zero-order valence-electron chi connectivity index (χ0n) is 13.6. The Hall–Kier alpha value is -2.53. The zero-order valence-corrected chi connectivity index (χ0v) is 14.5. The average Bonchev–Trinajstić information content (AvgIpc) is 2.97. The van der Waals surface area contributed by atoms with Crippen LogP contribution in [0.3, 0.4) is 0 Å². The molecule has 0 aliphatic rings. The SMILES string of the molecule is Cc1cn(-c2ccccc2)nc1NC(=O)C(C)Sc1ccccc1. The number of carbonyl (C=O) groups excluding carboxylic acids is 1. The Morgan fingerprint density at radius 1 is 1.08 bits per heavy atom. The second kappa shape index (κ2) is 7.36. The number of benzene rings is 2. The van der Waals surface area contributed by atoms with Crippen molar-refractivity contribution < 1.29 is 4.79 Å². The second-order valence-electron chi connectivity index (χ2n) is 5.50. The summed E-state index contributed by atoms with van der Waals surface area (Å²) in [7, 11) is 0. The highest BCUT2D eigenvalue weighted by atomic mass is 32.2. The summed E-state index contributed by atoms with van der Waals surface area (Å²) >= 11 is 1.53. The van der Waals surface area contributed by atoms with Crippen LogP contribution < -0.4 is 5.32 Å². The minimum Gasteiger partial charge on any atom is -0.308 e. The number of nitrogens with one attached hydrogen (secondary N) is 1. The van der Waals surface area contributed by atoms with Crippen LogP contribution in [0, 0.1) is 6.92 Å². The molecule has 0 bridgehead atoms. The summed E-state index contributed by atoms with van der Waals surface area (Å²) in [5, 5.41) is 7.21. The molecule has 3 aromatic rings. The van der Waals surface area contributed by atoms with E-state index in [9.17, 15) is 4.79 Å². The van der Waals surface area contributed by atoms with Crippen molar-refractivity contribution in [1.82, 2.24) is 9.78 Å². The molecule has 0 fully saturated rings. The molecule has 1 aromatic heterocycles. The van der Waals surface area contributed by atoms with Gasteiger partial charge in [0.1, 0.15) is 0 Å². The normalized spacial score (nSPS) is 11.9. The number of aromatic nitrogens is 2. The molecule has 1 unspecified atom stereocenters. The van der Waals surface area contributed by atoms with Crippen LogP contribution in [-0.4, -0.2) is 20.9 Å². The van der Waals surface area contributed by atoms with Crippen molar-refractivity contribution in [2.75, 3.05) is 5.32 Å². The van der Waals surface area contributed by atoms with E-state index < -0.39 is 0 Å². The highest BCUT2D eigenvalue weighted by Gasteiger charge is 2.17. The third-order valence-electron chi connectivity index (χ3n) is 3.58. The Bertz CT molecular complexity index is 815. The lowest BCUT2D eigenvalue weighted by Gasteiger charge is -2.11. The smallest absolute Gasteiger partial charge is 0.238 e. The van der Waals surface area contributed by atoms with Crippen molar-refractivity contribution in [3.8, 4) is 5.69 Å². The highest BCUT2D eigenvalue weighted by molar-refractivity contribution is 8.00. The molecular formula is C19H19N3OS. The van der Waals surface area contributed by atoms with Crippen molar-refractivity contribution in [2.24, 2.45) is 0 Å². The predicted octanol–water partition coefficient (Wildman–Crippen LogP) is 4.30. The van der Waals surface area contributed by atoms with Gasteiger partial charge in [0.15, 0.2) is 5.82 Å². The number of anilines is 1. The van der Waals surface area contributed by atoms with E-state index in [1.165, 1.54) is 11.8 Å². The number of hydrogen-bond acceptors (Lipinski definition) is 3. The molecule has 0 aliphatic carbocycles. The monoisotopic (exact) mass is 337 g/mol. The van der Waals surface area contributed by atoms with Gasteiger partial charge >= 0.3 is 0 Å². The topological polar surface area (TPSA) is 46.9 Å². The quantitative estimate of drug-likeness (QED) is 0.706. The first-order valence-corrected chi connectivity index (χ1v) is 8.66. The third-order valence-corrected chi connectivity index (χ3v) is 4.70. The van der Waals surface area contributed by atoms with Crippen LogP contribution in [0.25, 0.3) is 5.69 Å². The van der Waals surface area contributed by atoms with Crippen molar-refractivity contribution in [3.05, 3.63) is 72.4 Å². The Morgan fingerprint density at radius 2 is 1.71 bits per heavy atom. The van der Waals surface area contributed by atoms with Gasteiger partial charge in [-0.3, -0.25) is 4.79 Å². The van der Waals surface area contributed by atoms with Crippen LogP contribution in [0.5, 0.6) is 0 Å². The fourth-order valence-corrected chi connectivity index (χ4v) is 3.16. The molecule has 5 heteroatoms. The van der Waals surface area contributed by atoms with E-state index in [-0.39, 0.29) is 11.2 Å². The number of thioether (sulfide) groups is 1. The lowest BCUT2D eigenvalue weighted by molar-refractivity contribution is -0.115. The first-order valence-electron chi connectivity index (χ1n) is 7.78. The van der Waals surface area contributed by atoms with Gasteiger partial charge in [-0.15, -0.1) is 16.9 Å². The van der Waals surface area contributed by atoms with E-state index >= 15 is 0 Å². The van der Waals surface area contributed by atoms with Gasteiger partial charge in [0.05, 0.1) is 10.9 Å². The van der Waals surface area contributed by atoms with Crippen LogP contribution in [0.2, 0.25) is 0 Å². The molecule has 1 amide bonds. The maximum atomic E-state index is 12.4. The first kappa shape index (κ1) is 16.3. The Balaban J connectivity index is 1.69. The van der Waals surface area contributed by atoms with Gasteiger partial charge < -0.3 is 5.32 Å². The molecule has 122 valence electrons. The second-order valence-corrected chi connectivity index (χ2v) is 6.92. The number of rotatable bonds is 5. The van der Waals surface area contributed by atoms with Gasteiger partial charge in [-0.05, 0) is 38.1 Å². The van der Waals surface area contributed by atoms with E-state index in [1.807, 2.05) is 80.7 Å². The number of carbonyl (C=O) groups is 1. The van der Waals surface area contributed by atoms with Crippen LogP contribution >= 0.6 is 11.8 Å². The summed E-state index contributed by atoms with van der Waals surface area (Å²) in [5.74, 6) is 0.551. The summed E-state index contributed by atoms with van der Waals surface area (Å²) < 4.78 is 1.78. The minimum atomic E-state index is -0.200. The molecule has 0 aliphatic heterocycles. The Kier molecular flexibility index (Phi) is 5.01. The number of amides is 1. The van der Waals surface area contributed by atoms with Crippen LogP contribution in [0.1, 0.15) is 12.5 Å². The summed E-state index contributed by atoms with van der Waals surface area (Å²) in [5.41, 5.74) is 1.90. The molecule has 1 N–H and O–H groups in total. The molecule has 3 rings (SSSR count). The largest absolute Gasteiger partial charge is 0.308 e. The van der Waals surface area contributed by atoms with Gasteiger partial charge in [0, 0.05) is 16.7 Å². The summed E-state index contributed by atoms with van der Waals surface area (Å²) in [6.45, 7) is 3.84. The highest BCUT2D eigenvalue weighted by Crippen LogP contribution is 2.24. The Labute approximate surface area is 145 Å². The maximum Gasteiger partial charge on any atom is 0.238 e. The van der Waals surface area contributed by atoms with Gasteiger partial charge in [-0.1, -0.05) is 36.4 Å².